The molecule has 2 N–H and O–H groups in total. The molecule has 0 saturated carbocycles. The van der Waals surface area contributed by atoms with Crippen molar-refractivity contribution in [3.05, 3.63) is 66.0 Å². The summed E-state index contributed by atoms with van der Waals surface area (Å²) < 4.78 is 13.0. The standard InChI is InChI=1S/C15H16FNS/c16-13-7-4-8-15(10-13)18-11-14(17)9-12-5-2-1-3-6-12/h1-8,10,14H,9,11,17H2. The van der Waals surface area contributed by atoms with Gasteiger partial charge in [-0.2, -0.15) is 0 Å². The highest BCUT2D eigenvalue weighted by molar-refractivity contribution is 7.99. The Balaban J connectivity index is 1.83. The van der Waals surface area contributed by atoms with Crippen LogP contribution < -0.4 is 5.73 Å². The molecule has 0 aliphatic carbocycles. The molecule has 3 heteroatoms. The Bertz CT molecular complexity index is 487. The molecule has 0 heterocycles. The highest BCUT2D eigenvalue weighted by atomic mass is 32.2. The molecule has 1 nitrogen and oxygen atoms in total. The van der Waals surface area contributed by atoms with Gasteiger partial charge in [0, 0.05) is 16.7 Å². The quantitative estimate of drug-likeness (QED) is 0.834. The molecule has 1 atom stereocenters. The molecule has 1 unspecified atom stereocenters. The SMILES string of the molecule is NC(CSc1cccc(F)c1)Cc1ccccc1. The zero-order valence-corrected chi connectivity index (χ0v) is 10.9. The minimum absolute atomic E-state index is 0.0840. The van der Waals surface area contributed by atoms with Crippen LogP contribution in [0.4, 0.5) is 4.39 Å². The Morgan fingerprint density at radius 1 is 1.06 bits per heavy atom. The Morgan fingerprint density at radius 3 is 2.56 bits per heavy atom. The number of benzene rings is 2. The first-order valence-electron chi connectivity index (χ1n) is 5.92. The van der Waals surface area contributed by atoms with Crippen molar-refractivity contribution in [1.29, 1.82) is 0 Å². The van der Waals surface area contributed by atoms with Gasteiger partial charge in [-0.3, -0.25) is 0 Å². The van der Waals surface area contributed by atoms with Gasteiger partial charge in [0.1, 0.15) is 5.82 Å². The summed E-state index contributed by atoms with van der Waals surface area (Å²) in [6.45, 7) is 0. The van der Waals surface area contributed by atoms with Crippen molar-refractivity contribution < 1.29 is 4.39 Å². The summed E-state index contributed by atoms with van der Waals surface area (Å²) in [4.78, 5) is 0.929. The van der Waals surface area contributed by atoms with Crippen LogP contribution in [-0.2, 0) is 6.42 Å². The number of halogens is 1. The number of hydrogen-bond acceptors (Lipinski definition) is 2. The van der Waals surface area contributed by atoms with Gasteiger partial charge in [-0.05, 0) is 30.2 Å². The lowest BCUT2D eigenvalue weighted by atomic mass is 10.1. The zero-order valence-electron chi connectivity index (χ0n) is 10.1. The third-order valence-corrected chi connectivity index (χ3v) is 3.78. The first kappa shape index (κ1) is 13.1. The molecule has 0 fully saturated rings. The molecule has 2 rings (SSSR count). The van der Waals surface area contributed by atoms with E-state index in [0.29, 0.717) is 0 Å². The highest BCUT2D eigenvalue weighted by Crippen LogP contribution is 2.19. The summed E-state index contributed by atoms with van der Waals surface area (Å²) in [5.74, 6) is 0.592. The van der Waals surface area contributed by atoms with Gasteiger partial charge in [-0.1, -0.05) is 36.4 Å². The van der Waals surface area contributed by atoms with Crippen LogP contribution >= 0.6 is 11.8 Å². The molecule has 94 valence electrons. The summed E-state index contributed by atoms with van der Waals surface area (Å²) in [5, 5.41) is 0. The minimum Gasteiger partial charge on any atom is -0.327 e. The van der Waals surface area contributed by atoms with Gasteiger partial charge in [-0.25, -0.2) is 4.39 Å². The lowest BCUT2D eigenvalue weighted by Crippen LogP contribution is -2.25. The third-order valence-electron chi connectivity index (χ3n) is 2.60. The second-order valence-electron chi connectivity index (χ2n) is 4.22. The van der Waals surface area contributed by atoms with Crippen LogP contribution in [0.3, 0.4) is 0 Å². The molecule has 0 spiro atoms. The van der Waals surface area contributed by atoms with Crippen molar-refractivity contribution in [2.75, 3.05) is 5.75 Å². The molecular weight excluding hydrogens is 245 g/mol. The first-order chi connectivity index (χ1) is 8.74. The van der Waals surface area contributed by atoms with Crippen molar-refractivity contribution in [3.8, 4) is 0 Å². The van der Waals surface area contributed by atoms with Crippen molar-refractivity contribution >= 4 is 11.8 Å². The van der Waals surface area contributed by atoms with E-state index in [4.69, 9.17) is 5.73 Å². The van der Waals surface area contributed by atoms with E-state index >= 15 is 0 Å². The average molecular weight is 261 g/mol. The van der Waals surface area contributed by atoms with Crippen LogP contribution in [0, 0.1) is 5.82 Å². The number of hydrogen-bond donors (Lipinski definition) is 1. The lowest BCUT2D eigenvalue weighted by Gasteiger charge is -2.11. The van der Waals surface area contributed by atoms with Gasteiger partial charge in [0.05, 0.1) is 0 Å². The molecule has 0 aromatic heterocycles. The number of thioether (sulfide) groups is 1. The highest BCUT2D eigenvalue weighted by Gasteiger charge is 2.05. The predicted octanol–water partition coefficient (Wildman–Crippen LogP) is 3.49. The second-order valence-corrected chi connectivity index (χ2v) is 5.31. The van der Waals surface area contributed by atoms with E-state index < -0.39 is 0 Å². The third kappa shape index (κ3) is 4.17. The van der Waals surface area contributed by atoms with Gasteiger partial charge < -0.3 is 5.73 Å². The molecule has 0 bridgehead atoms. The largest absolute Gasteiger partial charge is 0.327 e. The molecule has 2 aromatic carbocycles. The van der Waals surface area contributed by atoms with Crippen LogP contribution in [0.5, 0.6) is 0 Å². The van der Waals surface area contributed by atoms with Crippen molar-refractivity contribution in [3.63, 3.8) is 0 Å². The fourth-order valence-electron chi connectivity index (χ4n) is 1.74. The van der Waals surface area contributed by atoms with E-state index in [9.17, 15) is 4.39 Å². The maximum Gasteiger partial charge on any atom is 0.124 e. The Kier molecular flexibility index (Phi) is 4.79. The molecule has 0 radical (unpaired) electrons. The van der Waals surface area contributed by atoms with E-state index in [2.05, 4.69) is 12.1 Å². The number of rotatable bonds is 5. The van der Waals surface area contributed by atoms with E-state index in [1.165, 1.54) is 11.6 Å². The second kappa shape index (κ2) is 6.57. The van der Waals surface area contributed by atoms with Gasteiger partial charge >= 0.3 is 0 Å². The molecular formula is C15H16FNS. The van der Waals surface area contributed by atoms with E-state index in [1.807, 2.05) is 24.3 Å². The smallest absolute Gasteiger partial charge is 0.124 e. The topological polar surface area (TPSA) is 26.0 Å². The fraction of sp³-hybridized carbons (Fsp3) is 0.200. The summed E-state index contributed by atoms with van der Waals surface area (Å²) in [5.41, 5.74) is 7.32. The zero-order chi connectivity index (χ0) is 12.8. The summed E-state index contributed by atoms with van der Waals surface area (Å²) in [6, 6.07) is 16.9. The Morgan fingerprint density at radius 2 is 1.83 bits per heavy atom. The van der Waals surface area contributed by atoms with Crippen LogP contribution in [0.2, 0.25) is 0 Å². The van der Waals surface area contributed by atoms with Crippen molar-refractivity contribution in [2.24, 2.45) is 5.73 Å². The maximum atomic E-state index is 13.0. The summed E-state index contributed by atoms with van der Waals surface area (Å²) in [7, 11) is 0. The molecule has 0 aliphatic rings. The van der Waals surface area contributed by atoms with Gasteiger partial charge in [0.15, 0.2) is 0 Å². The molecule has 0 amide bonds. The monoisotopic (exact) mass is 261 g/mol. The Labute approximate surface area is 111 Å². The maximum absolute atomic E-state index is 13.0. The van der Waals surface area contributed by atoms with Crippen LogP contribution in [-0.4, -0.2) is 11.8 Å². The van der Waals surface area contributed by atoms with E-state index in [-0.39, 0.29) is 11.9 Å². The first-order valence-corrected chi connectivity index (χ1v) is 6.90. The van der Waals surface area contributed by atoms with E-state index in [0.717, 1.165) is 17.1 Å². The normalized spacial score (nSPS) is 12.3. The summed E-state index contributed by atoms with van der Waals surface area (Å²) in [6.07, 6.45) is 0.850. The van der Waals surface area contributed by atoms with Crippen LogP contribution in [0.15, 0.2) is 59.5 Å². The predicted molar refractivity (Wildman–Crippen MR) is 75.2 cm³/mol. The van der Waals surface area contributed by atoms with Gasteiger partial charge in [0.2, 0.25) is 0 Å². The average Bonchev–Trinajstić information content (AvgIpc) is 2.38. The van der Waals surface area contributed by atoms with Crippen molar-refractivity contribution in [1.82, 2.24) is 0 Å². The van der Waals surface area contributed by atoms with Gasteiger partial charge in [0.25, 0.3) is 0 Å². The van der Waals surface area contributed by atoms with Crippen LogP contribution in [0.1, 0.15) is 5.56 Å². The van der Waals surface area contributed by atoms with Gasteiger partial charge in [-0.15, -0.1) is 11.8 Å². The molecule has 2 aromatic rings. The van der Waals surface area contributed by atoms with E-state index in [1.54, 1.807) is 23.9 Å². The molecule has 0 saturated heterocycles. The Hall–Kier alpha value is -1.32. The minimum atomic E-state index is -0.198. The fourth-order valence-corrected chi connectivity index (χ4v) is 2.63. The van der Waals surface area contributed by atoms with Crippen molar-refractivity contribution in [2.45, 2.75) is 17.4 Å². The lowest BCUT2D eigenvalue weighted by molar-refractivity contribution is 0.624. The van der Waals surface area contributed by atoms with Crippen LogP contribution in [0.25, 0.3) is 0 Å². The molecule has 18 heavy (non-hydrogen) atoms. The molecule has 0 aliphatic heterocycles. The summed E-state index contributed by atoms with van der Waals surface area (Å²) >= 11 is 1.60. The number of nitrogens with two attached hydrogens (primary N) is 1.